The van der Waals surface area contributed by atoms with Gasteiger partial charge in [-0.05, 0) is 38.0 Å². The second kappa shape index (κ2) is 3.78. The molecule has 0 aromatic heterocycles. The Morgan fingerprint density at radius 1 is 1.42 bits per heavy atom. The average molecular weight is 170 g/mol. The third-order valence-electron chi connectivity index (χ3n) is 3.41. The van der Waals surface area contributed by atoms with Crippen LogP contribution >= 0.6 is 0 Å². The maximum atomic E-state index is 5.56. The number of rotatable bonds is 2. The SMILES string of the molecule is CO[C@@]1(C)CCC[C@@H](C(C)C)C1. The molecule has 72 valence electrons. The Bertz CT molecular complexity index is 142. The maximum Gasteiger partial charge on any atom is 0.0653 e. The first-order valence-corrected chi connectivity index (χ1v) is 5.12. The van der Waals surface area contributed by atoms with Crippen LogP contribution < -0.4 is 0 Å². The van der Waals surface area contributed by atoms with E-state index >= 15 is 0 Å². The summed E-state index contributed by atoms with van der Waals surface area (Å²) in [7, 11) is 1.85. The summed E-state index contributed by atoms with van der Waals surface area (Å²) in [5.41, 5.74) is 0.174. The summed E-state index contributed by atoms with van der Waals surface area (Å²) in [6.45, 7) is 6.90. The predicted octanol–water partition coefficient (Wildman–Crippen LogP) is 3.24. The quantitative estimate of drug-likeness (QED) is 0.618. The van der Waals surface area contributed by atoms with E-state index < -0.39 is 0 Å². The molecule has 0 bridgehead atoms. The van der Waals surface area contributed by atoms with Crippen LogP contribution in [-0.4, -0.2) is 12.7 Å². The second-order valence-electron chi connectivity index (χ2n) is 4.75. The highest BCUT2D eigenvalue weighted by atomic mass is 16.5. The Morgan fingerprint density at radius 3 is 2.58 bits per heavy atom. The minimum Gasteiger partial charge on any atom is -0.379 e. The molecule has 1 fully saturated rings. The van der Waals surface area contributed by atoms with E-state index in [2.05, 4.69) is 20.8 Å². The summed E-state index contributed by atoms with van der Waals surface area (Å²) in [6.07, 6.45) is 5.23. The molecule has 0 amide bonds. The van der Waals surface area contributed by atoms with Gasteiger partial charge in [-0.3, -0.25) is 0 Å². The van der Waals surface area contributed by atoms with Crippen molar-refractivity contribution in [3.63, 3.8) is 0 Å². The zero-order valence-electron chi connectivity index (χ0n) is 8.89. The molecule has 1 rings (SSSR count). The molecule has 0 radical (unpaired) electrons. The Labute approximate surface area is 76.5 Å². The molecule has 0 spiro atoms. The molecule has 0 saturated heterocycles. The molecular weight excluding hydrogens is 148 g/mol. The Balaban J connectivity index is 2.51. The number of hydrogen-bond donors (Lipinski definition) is 0. The first-order chi connectivity index (χ1) is 5.57. The summed E-state index contributed by atoms with van der Waals surface area (Å²) >= 11 is 0. The van der Waals surface area contributed by atoms with Gasteiger partial charge in [-0.15, -0.1) is 0 Å². The molecule has 12 heavy (non-hydrogen) atoms. The Morgan fingerprint density at radius 2 is 2.08 bits per heavy atom. The highest BCUT2D eigenvalue weighted by Crippen LogP contribution is 2.37. The van der Waals surface area contributed by atoms with Crippen molar-refractivity contribution < 1.29 is 4.74 Å². The molecule has 1 heteroatoms. The van der Waals surface area contributed by atoms with E-state index in [4.69, 9.17) is 4.74 Å². The normalized spacial score (nSPS) is 37.2. The molecule has 1 aliphatic carbocycles. The summed E-state index contributed by atoms with van der Waals surface area (Å²) in [5, 5.41) is 0. The lowest BCUT2D eigenvalue weighted by atomic mass is 9.74. The molecule has 0 aromatic carbocycles. The van der Waals surface area contributed by atoms with Crippen molar-refractivity contribution >= 4 is 0 Å². The van der Waals surface area contributed by atoms with Crippen molar-refractivity contribution in [2.45, 2.75) is 52.1 Å². The Hall–Kier alpha value is -0.0400. The minimum atomic E-state index is 0.174. The van der Waals surface area contributed by atoms with Crippen LogP contribution in [0, 0.1) is 11.8 Å². The van der Waals surface area contributed by atoms with Gasteiger partial charge in [0.05, 0.1) is 5.60 Å². The van der Waals surface area contributed by atoms with Crippen LogP contribution in [0.25, 0.3) is 0 Å². The lowest BCUT2D eigenvalue weighted by molar-refractivity contribution is -0.0461. The monoisotopic (exact) mass is 170 g/mol. The number of ether oxygens (including phenoxy) is 1. The van der Waals surface area contributed by atoms with Gasteiger partial charge in [-0.1, -0.05) is 20.3 Å². The molecule has 0 N–H and O–H groups in total. The van der Waals surface area contributed by atoms with Crippen molar-refractivity contribution in [1.82, 2.24) is 0 Å². The average Bonchev–Trinajstić information content (AvgIpc) is 2.05. The third kappa shape index (κ3) is 2.22. The maximum absolute atomic E-state index is 5.56. The Kier molecular flexibility index (Phi) is 3.16. The van der Waals surface area contributed by atoms with E-state index in [0.717, 1.165) is 11.8 Å². The van der Waals surface area contributed by atoms with Crippen LogP contribution in [0.1, 0.15) is 46.5 Å². The van der Waals surface area contributed by atoms with Gasteiger partial charge in [0.15, 0.2) is 0 Å². The summed E-state index contributed by atoms with van der Waals surface area (Å²) < 4.78 is 5.56. The second-order valence-corrected chi connectivity index (χ2v) is 4.75. The molecule has 0 aromatic rings. The molecule has 1 saturated carbocycles. The molecular formula is C11H22O. The van der Waals surface area contributed by atoms with Crippen LogP contribution in [-0.2, 0) is 4.74 Å². The van der Waals surface area contributed by atoms with E-state index in [1.54, 1.807) is 0 Å². The van der Waals surface area contributed by atoms with E-state index in [1.165, 1.54) is 25.7 Å². The predicted molar refractivity (Wildman–Crippen MR) is 52.2 cm³/mol. The zero-order chi connectivity index (χ0) is 9.19. The standard InChI is InChI=1S/C11H22O/c1-9(2)10-6-5-7-11(3,8-10)12-4/h9-10H,5-8H2,1-4H3/t10-,11+/m1/s1. The zero-order valence-corrected chi connectivity index (χ0v) is 8.89. The van der Waals surface area contributed by atoms with Crippen LogP contribution in [0.3, 0.4) is 0 Å². The lowest BCUT2D eigenvalue weighted by Crippen LogP contribution is -2.35. The fraction of sp³-hybridized carbons (Fsp3) is 1.00. The smallest absolute Gasteiger partial charge is 0.0653 e. The van der Waals surface area contributed by atoms with Gasteiger partial charge in [0.25, 0.3) is 0 Å². The number of hydrogen-bond acceptors (Lipinski definition) is 1. The third-order valence-corrected chi connectivity index (χ3v) is 3.41. The van der Waals surface area contributed by atoms with Gasteiger partial charge < -0.3 is 4.74 Å². The van der Waals surface area contributed by atoms with Gasteiger partial charge in [0.1, 0.15) is 0 Å². The summed E-state index contributed by atoms with van der Waals surface area (Å²) in [4.78, 5) is 0. The molecule has 2 atom stereocenters. The molecule has 1 nitrogen and oxygen atoms in total. The van der Waals surface area contributed by atoms with Crippen molar-refractivity contribution in [2.24, 2.45) is 11.8 Å². The van der Waals surface area contributed by atoms with E-state index in [-0.39, 0.29) is 5.60 Å². The lowest BCUT2D eigenvalue weighted by Gasteiger charge is -2.38. The highest BCUT2D eigenvalue weighted by Gasteiger charge is 2.32. The van der Waals surface area contributed by atoms with Crippen LogP contribution in [0.4, 0.5) is 0 Å². The fourth-order valence-electron chi connectivity index (χ4n) is 2.25. The largest absolute Gasteiger partial charge is 0.379 e. The fourth-order valence-corrected chi connectivity index (χ4v) is 2.25. The van der Waals surface area contributed by atoms with Crippen molar-refractivity contribution in [2.75, 3.05) is 7.11 Å². The number of methoxy groups -OCH3 is 1. The first kappa shape index (κ1) is 10.0. The van der Waals surface area contributed by atoms with E-state index in [1.807, 2.05) is 7.11 Å². The van der Waals surface area contributed by atoms with Gasteiger partial charge in [-0.2, -0.15) is 0 Å². The first-order valence-electron chi connectivity index (χ1n) is 5.12. The topological polar surface area (TPSA) is 9.23 Å². The summed E-state index contributed by atoms with van der Waals surface area (Å²) in [5.74, 6) is 1.70. The minimum absolute atomic E-state index is 0.174. The molecule has 0 aliphatic heterocycles. The molecule has 0 unspecified atom stereocenters. The van der Waals surface area contributed by atoms with Crippen LogP contribution in [0.15, 0.2) is 0 Å². The molecule has 1 aliphatic rings. The van der Waals surface area contributed by atoms with Crippen LogP contribution in [0.5, 0.6) is 0 Å². The van der Waals surface area contributed by atoms with Gasteiger partial charge in [-0.25, -0.2) is 0 Å². The summed E-state index contributed by atoms with van der Waals surface area (Å²) in [6, 6.07) is 0. The van der Waals surface area contributed by atoms with E-state index in [9.17, 15) is 0 Å². The van der Waals surface area contributed by atoms with Crippen molar-refractivity contribution in [3.05, 3.63) is 0 Å². The molecule has 0 heterocycles. The van der Waals surface area contributed by atoms with Crippen molar-refractivity contribution in [1.29, 1.82) is 0 Å². The van der Waals surface area contributed by atoms with Gasteiger partial charge >= 0.3 is 0 Å². The van der Waals surface area contributed by atoms with Gasteiger partial charge in [0, 0.05) is 7.11 Å². The highest BCUT2D eigenvalue weighted by molar-refractivity contribution is 4.84. The van der Waals surface area contributed by atoms with E-state index in [0.29, 0.717) is 0 Å². The van der Waals surface area contributed by atoms with Crippen molar-refractivity contribution in [3.8, 4) is 0 Å². The van der Waals surface area contributed by atoms with Crippen LogP contribution in [0.2, 0.25) is 0 Å². The van der Waals surface area contributed by atoms with Gasteiger partial charge in [0.2, 0.25) is 0 Å².